The summed E-state index contributed by atoms with van der Waals surface area (Å²) >= 11 is 0. The normalized spacial score (nSPS) is 11.1. The Balaban J connectivity index is 1.53. The summed E-state index contributed by atoms with van der Waals surface area (Å²) in [6.07, 6.45) is 1.44. The van der Waals surface area contributed by atoms with E-state index in [1.165, 1.54) is 6.33 Å². The van der Waals surface area contributed by atoms with Crippen LogP contribution >= 0.6 is 0 Å². The fourth-order valence-electron chi connectivity index (χ4n) is 3.94. The van der Waals surface area contributed by atoms with Gasteiger partial charge in [-0.05, 0) is 48.4 Å². The maximum atomic E-state index is 12.1. The number of H-pyrrole nitrogens is 1. The zero-order valence-electron chi connectivity index (χ0n) is 20.2. The van der Waals surface area contributed by atoms with E-state index >= 15 is 0 Å². The molecule has 0 saturated carbocycles. The Morgan fingerprint density at radius 2 is 1.69 bits per heavy atom. The molecule has 0 aliphatic rings. The van der Waals surface area contributed by atoms with Crippen LogP contribution in [0.4, 0.5) is 11.5 Å². The molecule has 4 N–H and O–H groups in total. The number of carbonyl (C=O) groups excluding carboxylic acids is 1. The molecule has 0 unspecified atom stereocenters. The van der Waals surface area contributed by atoms with Crippen molar-refractivity contribution in [1.82, 2.24) is 19.9 Å². The summed E-state index contributed by atoms with van der Waals surface area (Å²) in [5.74, 6) is 1.48. The fourth-order valence-corrected chi connectivity index (χ4v) is 3.94. The van der Waals surface area contributed by atoms with E-state index in [0.29, 0.717) is 23.1 Å². The van der Waals surface area contributed by atoms with Gasteiger partial charge < -0.3 is 20.8 Å². The minimum Gasteiger partial charge on any atom is -0.439 e. The van der Waals surface area contributed by atoms with Crippen molar-refractivity contribution in [2.24, 2.45) is 5.92 Å². The van der Waals surface area contributed by atoms with Crippen LogP contribution in [0.25, 0.3) is 33.4 Å². The SMILES string of the molecule is Cc1cccc(Oc2ccc(-c3c(-c4ccc(NC(=O)C(C)C)cc4)[nH]c4ncnc(N)c34)cc2)n1. The molecular formula is C28H26N6O2. The topological polar surface area (TPSA) is 119 Å². The van der Waals surface area contributed by atoms with Crippen LogP contribution in [-0.4, -0.2) is 25.8 Å². The van der Waals surface area contributed by atoms with Crippen LogP contribution in [0.5, 0.6) is 11.6 Å². The number of fused-ring (bicyclic) bond motifs is 1. The summed E-state index contributed by atoms with van der Waals surface area (Å²) in [5.41, 5.74) is 12.2. The van der Waals surface area contributed by atoms with E-state index in [9.17, 15) is 4.79 Å². The van der Waals surface area contributed by atoms with Crippen molar-refractivity contribution in [3.63, 3.8) is 0 Å². The third-order valence-electron chi connectivity index (χ3n) is 5.81. The molecular weight excluding hydrogens is 452 g/mol. The Morgan fingerprint density at radius 1 is 0.972 bits per heavy atom. The molecule has 0 spiro atoms. The van der Waals surface area contributed by atoms with Gasteiger partial charge in [-0.3, -0.25) is 4.79 Å². The zero-order chi connectivity index (χ0) is 25.2. The summed E-state index contributed by atoms with van der Waals surface area (Å²) in [7, 11) is 0. The Hall–Kier alpha value is -4.72. The van der Waals surface area contributed by atoms with Gasteiger partial charge in [0.25, 0.3) is 0 Å². The predicted octanol–water partition coefficient (Wildman–Crippen LogP) is 5.96. The Labute approximate surface area is 208 Å². The van der Waals surface area contributed by atoms with Crippen LogP contribution < -0.4 is 15.8 Å². The summed E-state index contributed by atoms with van der Waals surface area (Å²) in [5, 5.41) is 3.67. The van der Waals surface area contributed by atoms with Crippen molar-refractivity contribution >= 4 is 28.4 Å². The molecule has 1 amide bonds. The second kappa shape index (κ2) is 9.50. The van der Waals surface area contributed by atoms with E-state index in [0.717, 1.165) is 39.2 Å². The molecule has 0 bridgehead atoms. The summed E-state index contributed by atoms with van der Waals surface area (Å²) < 4.78 is 5.92. The van der Waals surface area contributed by atoms with Gasteiger partial charge >= 0.3 is 0 Å². The van der Waals surface area contributed by atoms with Crippen molar-refractivity contribution in [1.29, 1.82) is 0 Å². The van der Waals surface area contributed by atoms with Crippen LogP contribution in [0.2, 0.25) is 0 Å². The number of carbonyl (C=O) groups is 1. The van der Waals surface area contributed by atoms with Gasteiger partial charge in [-0.15, -0.1) is 0 Å². The molecule has 0 aliphatic carbocycles. The Kier molecular flexibility index (Phi) is 6.08. The molecule has 3 heterocycles. The van der Waals surface area contributed by atoms with E-state index in [1.54, 1.807) is 0 Å². The standard InChI is InChI=1S/C28H26N6O2/c1-16(2)28(35)33-20-11-7-19(8-12-20)25-23(24-26(29)30-15-31-27(24)34-25)18-9-13-21(14-10-18)36-22-6-4-5-17(3)32-22/h4-16H,1-3H3,(H,33,35)(H3,29,30,31,34). The lowest BCUT2D eigenvalue weighted by Gasteiger charge is -2.10. The van der Waals surface area contributed by atoms with Gasteiger partial charge in [-0.1, -0.05) is 44.2 Å². The summed E-state index contributed by atoms with van der Waals surface area (Å²) in [6.45, 7) is 5.64. The number of nitrogens with one attached hydrogen (secondary N) is 2. The quantitative estimate of drug-likeness (QED) is 0.277. The number of anilines is 2. The second-order valence-electron chi connectivity index (χ2n) is 8.82. The fraction of sp³-hybridized carbons (Fsp3) is 0.143. The van der Waals surface area contributed by atoms with Gasteiger partial charge in [0.15, 0.2) is 0 Å². The maximum Gasteiger partial charge on any atom is 0.226 e. The molecule has 180 valence electrons. The lowest BCUT2D eigenvalue weighted by Crippen LogP contribution is -2.17. The van der Waals surface area contributed by atoms with E-state index in [4.69, 9.17) is 10.5 Å². The molecule has 0 fully saturated rings. The van der Waals surface area contributed by atoms with Gasteiger partial charge in [0, 0.05) is 28.9 Å². The number of rotatable bonds is 6. The number of aromatic amines is 1. The molecule has 0 atom stereocenters. The van der Waals surface area contributed by atoms with Gasteiger partial charge in [0.2, 0.25) is 11.8 Å². The molecule has 0 aliphatic heterocycles. The smallest absolute Gasteiger partial charge is 0.226 e. The molecule has 36 heavy (non-hydrogen) atoms. The first-order valence-corrected chi connectivity index (χ1v) is 11.6. The van der Waals surface area contributed by atoms with Crippen LogP contribution in [-0.2, 0) is 4.79 Å². The first-order valence-electron chi connectivity index (χ1n) is 11.6. The molecule has 3 aromatic heterocycles. The number of aryl methyl sites for hydroxylation is 1. The highest BCUT2D eigenvalue weighted by Gasteiger charge is 2.19. The minimum absolute atomic E-state index is 0.0275. The summed E-state index contributed by atoms with van der Waals surface area (Å²) in [6, 6.07) is 21.1. The number of aromatic nitrogens is 4. The number of benzene rings is 2. The van der Waals surface area contributed by atoms with Crippen LogP contribution in [0.1, 0.15) is 19.5 Å². The zero-order valence-corrected chi connectivity index (χ0v) is 20.2. The number of amides is 1. The minimum atomic E-state index is -0.0971. The first-order chi connectivity index (χ1) is 17.4. The molecule has 8 heteroatoms. The van der Waals surface area contributed by atoms with Gasteiger partial charge in [0.1, 0.15) is 23.5 Å². The lowest BCUT2D eigenvalue weighted by atomic mass is 9.98. The molecule has 0 radical (unpaired) electrons. The second-order valence-corrected chi connectivity index (χ2v) is 8.82. The van der Waals surface area contributed by atoms with Crippen LogP contribution in [0.3, 0.4) is 0 Å². The highest BCUT2D eigenvalue weighted by atomic mass is 16.5. The van der Waals surface area contributed by atoms with Crippen molar-refractivity contribution in [2.75, 3.05) is 11.1 Å². The average Bonchev–Trinajstić information content (AvgIpc) is 3.26. The number of nitrogens with zero attached hydrogens (tertiary/aromatic N) is 3. The Morgan fingerprint density at radius 3 is 2.39 bits per heavy atom. The number of hydrogen-bond donors (Lipinski definition) is 3. The lowest BCUT2D eigenvalue weighted by molar-refractivity contribution is -0.118. The highest BCUT2D eigenvalue weighted by Crippen LogP contribution is 2.40. The Bertz CT molecular complexity index is 1540. The highest BCUT2D eigenvalue weighted by molar-refractivity contribution is 6.07. The number of ether oxygens (including phenoxy) is 1. The molecule has 0 saturated heterocycles. The average molecular weight is 479 g/mol. The van der Waals surface area contributed by atoms with Gasteiger partial charge in [0.05, 0.1) is 11.1 Å². The number of nitrogens with two attached hydrogens (primary N) is 1. The van der Waals surface area contributed by atoms with Crippen molar-refractivity contribution in [3.8, 4) is 34.0 Å². The van der Waals surface area contributed by atoms with Gasteiger partial charge in [-0.2, -0.15) is 0 Å². The molecule has 8 nitrogen and oxygen atoms in total. The third-order valence-corrected chi connectivity index (χ3v) is 5.81. The van der Waals surface area contributed by atoms with Crippen LogP contribution in [0, 0.1) is 12.8 Å². The van der Waals surface area contributed by atoms with E-state index in [-0.39, 0.29) is 11.8 Å². The first kappa shape index (κ1) is 23.0. The van der Waals surface area contributed by atoms with Crippen molar-refractivity contribution in [2.45, 2.75) is 20.8 Å². The third kappa shape index (κ3) is 4.61. The number of nitrogen functional groups attached to an aromatic ring is 1. The largest absolute Gasteiger partial charge is 0.439 e. The van der Waals surface area contributed by atoms with Crippen LogP contribution in [0.15, 0.2) is 73.1 Å². The van der Waals surface area contributed by atoms with E-state index in [2.05, 4.69) is 25.3 Å². The summed E-state index contributed by atoms with van der Waals surface area (Å²) in [4.78, 5) is 28.5. The molecule has 5 rings (SSSR count). The van der Waals surface area contributed by atoms with E-state index < -0.39 is 0 Å². The number of hydrogen-bond acceptors (Lipinski definition) is 6. The van der Waals surface area contributed by atoms with Crippen molar-refractivity contribution < 1.29 is 9.53 Å². The maximum absolute atomic E-state index is 12.1. The van der Waals surface area contributed by atoms with Crippen molar-refractivity contribution in [3.05, 3.63) is 78.8 Å². The molecule has 2 aromatic carbocycles. The van der Waals surface area contributed by atoms with Gasteiger partial charge in [-0.25, -0.2) is 15.0 Å². The molecule has 5 aromatic rings. The van der Waals surface area contributed by atoms with E-state index in [1.807, 2.05) is 87.5 Å². The monoisotopic (exact) mass is 478 g/mol. The number of pyridine rings is 1. The predicted molar refractivity (Wildman–Crippen MR) is 142 cm³/mol.